The van der Waals surface area contributed by atoms with Crippen LogP contribution in [-0.4, -0.2) is 33.9 Å². The van der Waals surface area contributed by atoms with Crippen molar-refractivity contribution in [3.05, 3.63) is 18.0 Å². The standard InChI is InChI=1S/C12H21N3S/c1-3-13-12-9-16-8-10(12)4-5-11-6-7-14-15(11)2/h6-7,10,12-13H,3-5,8-9H2,1-2H3. The van der Waals surface area contributed by atoms with E-state index in [1.54, 1.807) is 0 Å². The van der Waals surface area contributed by atoms with Gasteiger partial charge < -0.3 is 5.32 Å². The summed E-state index contributed by atoms with van der Waals surface area (Å²) in [6, 6.07) is 2.85. The summed E-state index contributed by atoms with van der Waals surface area (Å²) in [5.74, 6) is 3.43. The number of rotatable bonds is 5. The quantitative estimate of drug-likeness (QED) is 0.848. The fourth-order valence-electron chi connectivity index (χ4n) is 2.35. The first kappa shape index (κ1) is 12.0. The molecule has 0 radical (unpaired) electrons. The number of nitrogens with one attached hydrogen (secondary N) is 1. The zero-order chi connectivity index (χ0) is 11.4. The van der Waals surface area contributed by atoms with Crippen molar-refractivity contribution < 1.29 is 0 Å². The van der Waals surface area contributed by atoms with Gasteiger partial charge in [0.05, 0.1) is 0 Å². The molecular weight excluding hydrogens is 218 g/mol. The van der Waals surface area contributed by atoms with Crippen molar-refractivity contribution in [2.75, 3.05) is 18.1 Å². The van der Waals surface area contributed by atoms with Gasteiger partial charge in [0.15, 0.2) is 0 Å². The second kappa shape index (κ2) is 5.73. The van der Waals surface area contributed by atoms with E-state index in [4.69, 9.17) is 0 Å². The molecule has 16 heavy (non-hydrogen) atoms. The molecule has 0 saturated carbocycles. The van der Waals surface area contributed by atoms with E-state index in [9.17, 15) is 0 Å². The lowest BCUT2D eigenvalue weighted by atomic mass is 9.97. The molecular formula is C12H21N3S. The average Bonchev–Trinajstić information content (AvgIpc) is 2.86. The molecule has 1 fully saturated rings. The largest absolute Gasteiger partial charge is 0.313 e. The van der Waals surface area contributed by atoms with Crippen LogP contribution in [0.1, 0.15) is 19.0 Å². The Morgan fingerprint density at radius 1 is 1.56 bits per heavy atom. The van der Waals surface area contributed by atoms with Gasteiger partial charge in [0, 0.05) is 30.7 Å². The zero-order valence-corrected chi connectivity index (χ0v) is 11.0. The molecule has 0 bridgehead atoms. The number of aromatic nitrogens is 2. The van der Waals surface area contributed by atoms with Gasteiger partial charge in [-0.05, 0) is 37.1 Å². The predicted molar refractivity (Wildman–Crippen MR) is 69.8 cm³/mol. The van der Waals surface area contributed by atoms with Gasteiger partial charge in [0.2, 0.25) is 0 Å². The Balaban J connectivity index is 1.83. The fourth-order valence-corrected chi connectivity index (χ4v) is 3.83. The first-order valence-electron chi connectivity index (χ1n) is 6.09. The highest BCUT2D eigenvalue weighted by Crippen LogP contribution is 2.27. The molecule has 90 valence electrons. The average molecular weight is 239 g/mol. The fraction of sp³-hybridized carbons (Fsp3) is 0.750. The van der Waals surface area contributed by atoms with E-state index in [2.05, 4.69) is 35.2 Å². The molecule has 2 rings (SSSR count). The Morgan fingerprint density at radius 2 is 2.44 bits per heavy atom. The van der Waals surface area contributed by atoms with Crippen molar-refractivity contribution in [2.24, 2.45) is 13.0 Å². The van der Waals surface area contributed by atoms with Crippen LogP contribution < -0.4 is 5.32 Å². The summed E-state index contributed by atoms with van der Waals surface area (Å²) in [7, 11) is 2.03. The van der Waals surface area contributed by atoms with Crippen molar-refractivity contribution >= 4 is 11.8 Å². The topological polar surface area (TPSA) is 29.9 Å². The first-order chi connectivity index (χ1) is 7.81. The third kappa shape index (κ3) is 2.80. The minimum atomic E-state index is 0.725. The molecule has 1 aliphatic rings. The predicted octanol–water partition coefficient (Wildman–Crippen LogP) is 1.69. The van der Waals surface area contributed by atoms with Crippen LogP contribution in [0.4, 0.5) is 0 Å². The maximum atomic E-state index is 4.21. The molecule has 2 atom stereocenters. The second-order valence-corrected chi connectivity index (χ2v) is 5.52. The van der Waals surface area contributed by atoms with Crippen LogP contribution in [-0.2, 0) is 13.5 Å². The van der Waals surface area contributed by atoms with Crippen molar-refractivity contribution in [3.8, 4) is 0 Å². The lowest BCUT2D eigenvalue weighted by Gasteiger charge is -2.19. The Bertz CT molecular complexity index is 324. The summed E-state index contributed by atoms with van der Waals surface area (Å²) in [6.07, 6.45) is 4.33. The summed E-state index contributed by atoms with van der Waals surface area (Å²) in [6.45, 7) is 3.29. The molecule has 1 aromatic heterocycles. The van der Waals surface area contributed by atoms with E-state index in [0.29, 0.717) is 0 Å². The van der Waals surface area contributed by atoms with Crippen LogP contribution in [0.3, 0.4) is 0 Å². The maximum absolute atomic E-state index is 4.21. The van der Waals surface area contributed by atoms with Gasteiger partial charge in [-0.2, -0.15) is 16.9 Å². The number of aryl methyl sites for hydroxylation is 2. The van der Waals surface area contributed by atoms with Gasteiger partial charge in [-0.15, -0.1) is 0 Å². The Labute approximate surface area is 102 Å². The van der Waals surface area contributed by atoms with Crippen molar-refractivity contribution in [1.29, 1.82) is 0 Å². The van der Waals surface area contributed by atoms with Crippen LogP contribution in [0, 0.1) is 5.92 Å². The molecule has 1 aromatic rings. The number of thioether (sulfide) groups is 1. The molecule has 1 saturated heterocycles. The van der Waals surface area contributed by atoms with Crippen molar-refractivity contribution in [2.45, 2.75) is 25.8 Å². The lowest BCUT2D eigenvalue weighted by Crippen LogP contribution is -2.35. The molecule has 0 amide bonds. The molecule has 0 aromatic carbocycles. The van der Waals surface area contributed by atoms with Gasteiger partial charge in [0.1, 0.15) is 0 Å². The summed E-state index contributed by atoms with van der Waals surface area (Å²) in [4.78, 5) is 0. The highest BCUT2D eigenvalue weighted by atomic mass is 32.2. The highest BCUT2D eigenvalue weighted by Gasteiger charge is 2.26. The summed E-state index contributed by atoms with van der Waals surface area (Å²) in [5.41, 5.74) is 1.35. The van der Waals surface area contributed by atoms with Crippen molar-refractivity contribution in [3.63, 3.8) is 0 Å². The zero-order valence-electron chi connectivity index (χ0n) is 10.1. The van der Waals surface area contributed by atoms with Crippen molar-refractivity contribution in [1.82, 2.24) is 15.1 Å². The van der Waals surface area contributed by atoms with E-state index < -0.39 is 0 Å². The Kier molecular flexibility index (Phi) is 4.29. The molecule has 0 spiro atoms. The van der Waals surface area contributed by atoms with Gasteiger partial charge in [0.25, 0.3) is 0 Å². The van der Waals surface area contributed by atoms with Crippen LogP contribution in [0.25, 0.3) is 0 Å². The van der Waals surface area contributed by atoms with Crippen LogP contribution >= 0.6 is 11.8 Å². The summed E-state index contributed by atoms with van der Waals surface area (Å²) >= 11 is 2.09. The van der Waals surface area contributed by atoms with Crippen LogP contribution in [0.2, 0.25) is 0 Å². The number of hydrogen-bond acceptors (Lipinski definition) is 3. The summed E-state index contributed by atoms with van der Waals surface area (Å²) < 4.78 is 1.99. The third-order valence-electron chi connectivity index (χ3n) is 3.36. The molecule has 3 nitrogen and oxygen atoms in total. The lowest BCUT2D eigenvalue weighted by molar-refractivity contribution is 0.408. The van der Waals surface area contributed by atoms with E-state index in [0.717, 1.165) is 24.9 Å². The molecule has 2 heterocycles. The molecule has 0 aliphatic carbocycles. The van der Waals surface area contributed by atoms with E-state index >= 15 is 0 Å². The summed E-state index contributed by atoms with van der Waals surface area (Å²) in [5, 5.41) is 7.81. The van der Waals surface area contributed by atoms with Crippen LogP contribution in [0.5, 0.6) is 0 Å². The highest BCUT2D eigenvalue weighted by molar-refractivity contribution is 7.99. The van der Waals surface area contributed by atoms with E-state index in [1.165, 1.54) is 23.6 Å². The van der Waals surface area contributed by atoms with E-state index in [1.807, 2.05) is 17.9 Å². The van der Waals surface area contributed by atoms with Gasteiger partial charge in [-0.25, -0.2) is 0 Å². The van der Waals surface area contributed by atoms with E-state index in [-0.39, 0.29) is 0 Å². The van der Waals surface area contributed by atoms with Gasteiger partial charge in [-0.3, -0.25) is 4.68 Å². The molecule has 4 heteroatoms. The Morgan fingerprint density at radius 3 is 3.12 bits per heavy atom. The molecule has 2 unspecified atom stereocenters. The number of hydrogen-bond donors (Lipinski definition) is 1. The third-order valence-corrected chi connectivity index (χ3v) is 4.62. The monoisotopic (exact) mass is 239 g/mol. The SMILES string of the molecule is CCNC1CSCC1CCc1ccnn1C. The Hall–Kier alpha value is -0.480. The smallest absolute Gasteiger partial charge is 0.0492 e. The molecule has 1 aliphatic heterocycles. The molecule has 1 N–H and O–H groups in total. The first-order valence-corrected chi connectivity index (χ1v) is 7.24. The van der Waals surface area contributed by atoms with Gasteiger partial charge >= 0.3 is 0 Å². The normalized spacial score (nSPS) is 25.1. The van der Waals surface area contributed by atoms with Crippen LogP contribution in [0.15, 0.2) is 12.3 Å². The minimum absolute atomic E-state index is 0.725. The second-order valence-electron chi connectivity index (χ2n) is 4.45. The van der Waals surface area contributed by atoms with Gasteiger partial charge in [-0.1, -0.05) is 6.92 Å². The maximum Gasteiger partial charge on any atom is 0.0492 e. The minimum Gasteiger partial charge on any atom is -0.313 e. The number of nitrogens with zero attached hydrogens (tertiary/aromatic N) is 2.